The van der Waals surface area contributed by atoms with Gasteiger partial charge in [-0.1, -0.05) is 18.2 Å². The van der Waals surface area contributed by atoms with Gasteiger partial charge in [-0.3, -0.25) is 4.90 Å². The summed E-state index contributed by atoms with van der Waals surface area (Å²) in [5.41, 5.74) is 7.01. The van der Waals surface area contributed by atoms with Gasteiger partial charge in [-0.05, 0) is 38.8 Å². The molecular weight excluding hydrogens is 322 g/mol. The molecule has 25 heavy (non-hydrogen) atoms. The van der Waals surface area contributed by atoms with Crippen molar-refractivity contribution >= 4 is 17.7 Å². The standard InChI is InChI=1S/C18H27N3O4/c1-18(2,3)25-17(23)21-11-13(9-15(21)16(22)24-4)20-10-12-7-5-6-8-14(12)19/h5-8,13,15,20H,9-11,19H2,1-4H3/t13-,15+/m1/s1. The Morgan fingerprint density at radius 1 is 1.32 bits per heavy atom. The summed E-state index contributed by atoms with van der Waals surface area (Å²) < 4.78 is 10.2. The van der Waals surface area contributed by atoms with Gasteiger partial charge in [0.1, 0.15) is 11.6 Å². The molecule has 0 radical (unpaired) electrons. The van der Waals surface area contributed by atoms with E-state index in [4.69, 9.17) is 15.2 Å². The SMILES string of the molecule is COC(=O)[C@@H]1C[C@@H](NCc2ccccc2N)CN1C(=O)OC(C)(C)C. The number of methoxy groups -OCH3 is 1. The molecule has 7 nitrogen and oxygen atoms in total. The predicted octanol–water partition coefficient (Wildman–Crippen LogP) is 1.91. The average molecular weight is 349 g/mol. The van der Waals surface area contributed by atoms with E-state index in [-0.39, 0.29) is 6.04 Å². The first-order valence-electron chi connectivity index (χ1n) is 8.35. The summed E-state index contributed by atoms with van der Waals surface area (Å²) in [4.78, 5) is 25.9. The quantitative estimate of drug-likeness (QED) is 0.637. The molecule has 0 aromatic heterocycles. The number of nitrogens with two attached hydrogens (primary N) is 1. The van der Waals surface area contributed by atoms with Crippen molar-refractivity contribution in [3.8, 4) is 0 Å². The molecule has 7 heteroatoms. The van der Waals surface area contributed by atoms with Crippen molar-refractivity contribution in [3.05, 3.63) is 29.8 Å². The molecule has 1 aliphatic heterocycles. The smallest absolute Gasteiger partial charge is 0.411 e. The van der Waals surface area contributed by atoms with Gasteiger partial charge in [0.2, 0.25) is 0 Å². The van der Waals surface area contributed by atoms with Crippen LogP contribution in [0, 0.1) is 0 Å². The minimum absolute atomic E-state index is 0.0452. The predicted molar refractivity (Wildman–Crippen MR) is 94.8 cm³/mol. The third-order valence-corrected chi connectivity index (χ3v) is 4.04. The molecular formula is C18H27N3O4. The van der Waals surface area contributed by atoms with Crippen molar-refractivity contribution in [2.75, 3.05) is 19.4 Å². The van der Waals surface area contributed by atoms with E-state index in [1.54, 1.807) is 20.8 Å². The minimum atomic E-state index is -0.648. The van der Waals surface area contributed by atoms with Crippen LogP contribution >= 0.6 is 0 Å². The van der Waals surface area contributed by atoms with Crippen LogP contribution in [0.5, 0.6) is 0 Å². The summed E-state index contributed by atoms with van der Waals surface area (Å²) in [6.45, 7) is 6.32. The normalized spacial score (nSPS) is 20.4. The Labute approximate surface area is 148 Å². The van der Waals surface area contributed by atoms with E-state index in [1.165, 1.54) is 12.0 Å². The highest BCUT2D eigenvalue weighted by atomic mass is 16.6. The van der Waals surface area contributed by atoms with Crippen LogP contribution in [0.1, 0.15) is 32.8 Å². The lowest BCUT2D eigenvalue weighted by Crippen LogP contribution is -2.44. The molecule has 1 amide bonds. The van der Waals surface area contributed by atoms with Crippen LogP contribution in [-0.2, 0) is 20.8 Å². The molecule has 1 fully saturated rings. The number of likely N-dealkylation sites (tertiary alicyclic amines) is 1. The van der Waals surface area contributed by atoms with E-state index >= 15 is 0 Å². The van der Waals surface area contributed by atoms with Crippen molar-refractivity contribution in [2.24, 2.45) is 0 Å². The zero-order chi connectivity index (χ0) is 18.6. The van der Waals surface area contributed by atoms with Gasteiger partial charge in [0.25, 0.3) is 0 Å². The van der Waals surface area contributed by atoms with Gasteiger partial charge in [0.15, 0.2) is 0 Å². The molecule has 0 spiro atoms. The summed E-state index contributed by atoms with van der Waals surface area (Å²) in [6.07, 6.45) is -0.0371. The Balaban J connectivity index is 2.03. The summed E-state index contributed by atoms with van der Waals surface area (Å²) in [5.74, 6) is -0.436. The van der Waals surface area contributed by atoms with Crippen LogP contribution in [-0.4, -0.2) is 48.3 Å². The van der Waals surface area contributed by atoms with Crippen LogP contribution in [0.4, 0.5) is 10.5 Å². The number of para-hydroxylation sites is 1. The third kappa shape index (κ3) is 5.09. The van der Waals surface area contributed by atoms with Gasteiger partial charge in [0.05, 0.1) is 7.11 Å². The Morgan fingerprint density at radius 3 is 2.60 bits per heavy atom. The molecule has 1 aromatic rings. The maximum atomic E-state index is 12.4. The lowest BCUT2D eigenvalue weighted by atomic mass is 10.1. The number of carbonyl (C=O) groups is 2. The molecule has 2 atom stereocenters. The first-order chi connectivity index (χ1) is 11.7. The monoisotopic (exact) mass is 349 g/mol. The Bertz CT molecular complexity index is 627. The number of hydrogen-bond acceptors (Lipinski definition) is 6. The zero-order valence-corrected chi connectivity index (χ0v) is 15.2. The minimum Gasteiger partial charge on any atom is -0.467 e. The van der Waals surface area contributed by atoms with Crippen molar-refractivity contribution in [1.82, 2.24) is 10.2 Å². The number of anilines is 1. The average Bonchev–Trinajstić information content (AvgIpc) is 2.96. The first kappa shape index (κ1) is 19.1. The number of benzene rings is 1. The second-order valence-electron chi connectivity index (χ2n) is 7.18. The number of nitrogen functional groups attached to an aromatic ring is 1. The van der Waals surface area contributed by atoms with E-state index in [2.05, 4.69) is 5.32 Å². The lowest BCUT2D eigenvalue weighted by Gasteiger charge is -2.27. The largest absolute Gasteiger partial charge is 0.467 e. The number of rotatable bonds is 4. The number of nitrogens with zero attached hydrogens (tertiary/aromatic N) is 1. The second kappa shape index (κ2) is 7.74. The first-order valence-corrected chi connectivity index (χ1v) is 8.35. The summed E-state index contributed by atoms with van der Waals surface area (Å²) in [5, 5.41) is 3.36. The van der Waals surface area contributed by atoms with E-state index in [0.717, 1.165) is 5.56 Å². The van der Waals surface area contributed by atoms with Crippen molar-refractivity contribution in [3.63, 3.8) is 0 Å². The lowest BCUT2D eigenvalue weighted by molar-refractivity contribution is -0.145. The van der Waals surface area contributed by atoms with Crippen LogP contribution < -0.4 is 11.1 Å². The molecule has 0 saturated carbocycles. The fourth-order valence-electron chi connectivity index (χ4n) is 2.82. The van der Waals surface area contributed by atoms with Gasteiger partial charge < -0.3 is 20.5 Å². The van der Waals surface area contributed by atoms with Crippen molar-refractivity contribution < 1.29 is 19.1 Å². The molecule has 0 bridgehead atoms. The third-order valence-electron chi connectivity index (χ3n) is 4.04. The molecule has 2 rings (SSSR count). The number of hydrogen-bond donors (Lipinski definition) is 2. The number of amides is 1. The summed E-state index contributed by atoms with van der Waals surface area (Å²) in [7, 11) is 1.32. The zero-order valence-electron chi connectivity index (χ0n) is 15.2. The number of esters is 1. The fourth-order valence-corrected chi connectivity index (χ4v) is 2.82. The van der Waals surface area contributed by atoms with Crippen LogP contribution in [0.15, 0.2) is 24.3 Å². The van der Waals surface area contributed by atoms with E-state index in [0.29, 0.717) is 25.2 Å². The van der Waals surface area contributed by atoms with E-state index < -0.39 is 23.7 Å². The molecule has 0 aliphatic carbocycles. The maximum absolute atomic E-state index is 12.4. The van der Waals surface area contributed by atoms with Crippen molar-refractivity contribution in [2.45, 2.75) is 51.4 Å². The molecule has 1 aromatic carbocycles. The second-order valence-corrected chi connectivity index (χ2v) is 7.18. The Morgan fingerprint density at radius 2 is 2.00 bits per heavy atom. The fraction of sp³-hybridized carbons (Fsp3) is 0.556. The van der Waals surface area contributed by atoms with Gasteiger partial charge in [-0.25, -0.2) is 9.59 Å². The summed E-state index contributed by atoms with van der Waals surface area (Å²) in [6, 6.07) is 6.90. The molecule has 1 saturated heterocycles. The highest BCUT2D eigenvalue weighted by Crippen LogP contribution is 2.23. The molecule has 138 valence electrons. The molecule has 0 unspecified atom stereocenters. The Kier molecular flexibility index (Phi) is 5.89. The molecule has 3 N–H and O–H groups in total. The van der Waals surface area contributed by atoms with Gasteiger partial charge in [-0.15, -0.1) is 0 Å². The van der Waals surface area contributed by atoms with Crippen LogP contribution in [0.3, 0.4) is 0 Å². The Hall–Kier alpha value is -2.28. The van der Waals surface area contributed by atoms with E-state index in [9.17, 15) is 9.59 Å². The maximum Gasteiger partial charge on any atom is 0.411 e. The van der Waals surface area contributed by atoms with E-state index in [1.807, 2.05) is 24.3 Å². The van der Waals surface area contributed by atoms with Crippen LogP contribution in [0.2, 0.25) is 0 Å². The van der Waals surface area contributed by atoms with Crippen LogP contribution in [0.25, 0.3) is 0 Å². The van der Waals surface area contributed by atoms with Gasteiger partial charge in [-0.2, -0.15) is 0 Å². The van der Waals surface area contributed by atoms with Gasteiger partial charge in [0, 0.05) is 24.8 Å². The van der Waals surface area contributed by atoms with Gasteiger partial charge >= 0.3 is 12.1 Å². The molecule has 1 aliphatic rings. The topological polar surface area (TPSA) is 93.9 Å². The number of ether oxygens (including phenoxy) is 2. The number of carbonyl (C=O) groups excluding carboxylic acids is 2. The molecule has 1 heterocycles. The highest BCUT2D eigenvalue weighted by Gasteiger charge is 2.42. The number of nitrogens with one attached hydrogen (secondary N) is 1. The highest BCUT2D eigenvalue weighted by molar-refractivity contribution is 5.82. The summed E-state index contributed by atoms with van der Waals surface area (Å²) >= 11 is 0. The van der Waals surface area contributed by atoms with Crippen molar-refractivity contribution in [1.29, 1.82) is 0 Å².